The summed E-state index contributed by atoms with van der Waals surface area (Å²) < 4.78 is 0. The topological polar surface area (TPSA) is 55.1 Å². The fraction of sp³-hybridized carbons (Fsp3) is 0.929. The molecule has 0 aliphatic heterocycles. The lowest BCUT2D eigenvalue weighted by Crippen LogP contribution is -2.39. The molecule has 0 aromatic heterocycles. The number of carbonyl (C=O) groups is 1. The summed E-state index contributed by atoms with van der Waals surface area (Å²) in [6.45, 7) is 5.21. The number of nitrogens with two attached hydrogens (primary N) is 1. The lowest BCUT2D eigenvalue weighted by Gasteiger charge is -2.33. The smallest absolute Gasteiger partial charge is 0.221 e. The van der Waals surface area contributed by atoms with Gasteiger partial charge in [-0.3, -0.25) is 4.79 Å². The van der Waals surface area contributed by atoms with Crippen molar-refractivity contribution >= 4 is 5.91 Å². The van der Waals surface area contributed by atoms with E-state index in [4.69, 9.17) is 5.73 Å². The highest BCUT2D eigenvalue weighted by Gasteiger charge is 2.27. The number of rotatable bonds is 6. The highest BCUT2D eigenvalue weighted by molar-refractivity contribution is 5.76. The molecule has 1 fully saturated rings. The fourth-order valence-corrected chi connectivity index (χ4v) is 2.68. The minimum atomic E-state index is 0.0270. The quantitative estimate of drug-likeness (QED) is 0.750. The Labute approximate surface area is 106 Å². The van der Waals surface area contributed by atoms with Gasteiger partial charge in [0.2, 0.25) is 5.91 Å². The van der Waals surface area contributed by atoms with Gasteiger partial charge in [0.1, 0.15) is 0 Å². The number of nitrogens with one attached hydrogen (secondary N) is 1. The first-order valence-electron chi connectivity index (χ1n) is 7.08. The Balaban J connectivity index is 2.22. The molecule has 0 bridgehead atoms. The molecule has 3 N–H and O–H groups in total. The fourth-order valence-electron chi connectivity index (χ4n) is 2.68. The predicted octanol–water partition coefficient (Wildman–Crippen LogP) is 2.59. The van der Waals surface area contributed by atoms with Crippen LogP contribution < -0.4 is 11.1 Å². The number of hydrogen-bond acceptors (Lipinski definition) is 2. The molecular weight excluding hydrogens is 212 g/mol. The van der Waals surface area contributed by atoms with Crippen LogP contribution in [0.2, 0.25) is 0 Å². The number of amides is 1. The molecule has 1 aliphatic carbocycles. The molecular formula is C14H28N2O. The largest absolute Gasteiger partial charge is 0.356 e. The Kier molecular flexibility index (Phi) is 5.96. The highest BCUT2D eigenvalue weighted by atomic mass is 16.1. The normalized spacial score (nSPS) is 20.9. The first-order chi connectivity index (χ1) is 8.06. The first kappa shape index (κ1) is 14.5. The van der Waals surface area contributed by atoms with E-state index in [1.54, 1.807) is 0 Å². The van der Waals surface area contributed by atoms with Crippen LogP contribution in [-0.2, 0) is 4.79 Å². The molecule has 1 saturated carbocycles. The van der Waals surface area contributed by atoms with E-state index < -0.39 is 0 Å². The van der Waals surface area contributed by atoms with Crippen LogP contribution in [0.25, 0.3) is 0 Å². The van der Waals surface area contributed by atoms with E-state index in [0.29, 0.717) is 11.8 Å². The third kappa shape index (κ3) is 5.53. The third-order valence-electron chi connectivity index (χ3n) is 3.88. The molecule has 0 heterocycles. The Morgan fingerprint density at radius 2 is 2.00 bits per heavy atom. The molecule has 1 unspecified atom stereocenters. The van der Waals surface area contributed by atoms with Crippen LogP contribution >= 0.6 is 0 Å². The van der Waals surface area contributed by atoms with Gasteiger partial charge in [-0.2, -0.15) is 0 Å². The van der Waals surface area contributed by atoms with Gasteiger partial charge in [-0.05, 0) is 24.7 Å². The standard InChI is InChI=1S/C14H28N2O/c1-3-7-12(15)10-13(17)16-11-14(2)8-5-4-6-9-14/h12H,3-11,15H2,1-2H3,(H,16,17). The molecule has 3 nitrogen and oxygen atoms in total. The van der Waals surface area contributed by atoms with Gasteiger partial charge in [-0.15, -0.1) is 0 Å². The lowest BCUT2D eigenvalue weighted by atomic mass is 9.76. The van der Waals surface area contributed by atoms with Crippen molar-refractivity contribution in [2.75, 3.05) is 6.54 Å². The van der Waals surface area contributed by atoms with Gasteiger partial charge in [0.15, 0.2) is 0 Å². The lowest BCUT2D eigenvalue weighted by molar-refractivity contribution is -0.122. The minimum absolute atomic E-state index is 0.0270. The Bertz CT molecular complexity index is 234. The molecule has 100 valence electrons. The van der Waals surface area contributed by atoms with E-state index in [2.05, 4.69) is 19.2 Å². The zero-order valence-corrected chi connectivity index (χ0v) is 11.4. The van der Waals surface area contributed by atoms with Gasteiger partial charge in [-0.25, -0.2) is 0 Å². The second-order valence-electron chi connectivity index (χ2n) is 5.90. The summed E-state index contributed by atoms with van der Waals surface area (Å²) in [7, 11) is 0. The summed E-state index contributed by atoms with van der Waals surface area (Å²) in [5.41, 5.74) is 6.19. The molecule has 3 heteroatoms. The van der Waals surface area contributed by atoms with Crippen molar-refractivity contribution in [3.63, 3.8) is 0 Å². The average molecular weight is 240 g/mol. The molecule has 1 atom stereocenters. The summed E-state index contributed by atoms with van der Waals surface area (Å²) >= 11 is 0. The highest BCUT2D eigenvalue weighted by Crippen LogP contribution is 2.34. The van der Waals surface area contributed by atoms with E-state index in [0.717, 1.165) is 19.4 Å². The summed E-state index contributed by atoms with van der Waals surface area (Å²) in [5, 5.41) is 3.06. The summed E-state index contributed by atoms with van der Waals surface area (Å²) in [5.74, 6) is 0.123. The Morgan fingerprint density at radius 1 is 1.35 bits per heavy atom. The molecule has 0 aromatic carbocycles. The summed E-state index contributed by atoms with van der Waals surface area (Å²) in [4.78, 5) is 11.7. The van der Waals surface area contributed by atoms with Crippen molar-refractivity contribution in [3.8, 4) is 0 Å². The van der Waals surface area contributed by atoms with Crippen LogP contribution in [0.3, 0.4) is 0 Å². The number of hydrogen-bond donors (Lipinski definition) is 2. The summed E-state index contributed by atoms with van der Waals surface area (Å²) in [6, 6.07) is 0.0270. The monoisotopic (exact) mass is 240 g/mol. The molecule has 0 saturated heterocycles. The van der Waals surface area contributed by atoms with Crippen molar-refractivity contribution in [1.82, 2.24) is 5.32 Å². The molecule has 1 amide bonds. The molecule has 1 aliphatic rings. The van der Waals surface area contributed by atoms with Gasteiger partial charge in [0.25, 0.3) is 0 Å². The minimum Gasteiger partial charge on any atom is -0.356 e. The maximum absolute atomic E-state index is 11.7. The SMILES string of the molecule is CCCC(N)CC(=O)NCC1(C)CCCCC1. The van der Waals surface area contributed by atoms with Crippen molar-refractivity contribution in [2.24, 2.45) is 11.1 Å². The van der Waals surface area contributed by atoms with Crippen LogP contribution in [0.15, 0.2) is 0 Å². The predicted molar refractivity (Wildman–Crippen MR) is 71.7 cm³/mol. The van der Waals surface area contributed by atoms with Gasteiger partial charge in [0, 0.05) is 19.0 Å². The number of carbonyl (C=O) groups excluding carboxylic acids is 1. The molecule has 1 rings (SSSR count). The Morgan fingerprint density at radius 3 is 2.59 bits per heavy atom. The third-order valence-corrected chi connectivity index (χ3v) is 3.88. The van der Waals surface area contributed by atoms with E-state index in [-0.39, 0.29) is 11.9 Å². The van der Waals surface area contributed by atoms with Gasteiger partial charge < -0.3 is 11.1 Å². The zero-order valence-electron chi connectivity index (χ0n) is 11.4. The van der Waals surface area contributed by atoms with Crippen molar-refractivity contribution in [3.05, 3.63) is 0 Å². The zero-order chi connectivity index (χ0) is 12.7. The van der Waals surface area contributed by atoms with E-state index in [9.17, 15) is 4.79 Å². The van der Waals surface area contributed by atoms with Crippen LogP contribution in [0.4, 0.5) is 0 Å². The van der Waals surface area contributed by atoms with Crippen LogP contribution in [-0.4, -0.2) is 18.5 Å². The van der Waals surface area contributed by atoms with E-state index >= 15 is 0 Å². The van der Waals surface area contributed by atoms with E-state index in [1.807, 2.05) is 0 Å². The van der Waals surface area contributed by atoms with Crippen molar-refractivity contribution in [1.29, 1.82) is 0 Å². The van der Waals surface area contributed by atoms with Crippen LogP contribution in [0.5, 0.6) is 0 Å². The van der Waals surface area contributed by atoms with E-state index in [1.165, 1.54) is 32.1 Å². The van der Waals surface area contributed by atoms with Gasteiger partial charge in [-0.1, -0.05) is 39.5 Å². The molecule has 0 aromatic rings. The Hall–Kier alpha value is -0.570. The second-order valence-corrected chi connectivity index (χ2v) is 5.90. The van der Waals surface area contributed by atoms with Gasteiger partial charge in [0.05, 0.1) is 0 Å². The van der Waals surface area contributed by atoms with Gasteiger partial charge >= 0.3 is 0 Å². The molecule has 0 spiro atoms. The van der Waals surface area contributed by atoms with Crippen molar-refractivity contribution in [2.45, 2.75) is 71.3 Å². The molecule has 17 heavy (non-hydrogen) atoms. The maximum Gasteiger partial charge on any atom is 0.221 e. The molecule has 0 radical (unpaired) electrons. The maximum atomic E-state index is 11.7. The average Bonchev–Trinajstić information content (AvgIpc) is 2.28. The van der Waals surface area contributed by atoms with Crippen molar-refractivity contribution < 1.29 is 4.79 Å². The second kappa shape index (κ2) is 7.00. The first-order valence-corrected chi connectivity index (χ1v) is 7.08. The van der Waals surface area contributed by atoms with Crippen LogP contribution in [0, 0.1) is 5.41 Å². The van der Waals surface area contributed by atoms with Crippen LogP contribution in [0.1, 0.15) is 65.2 Å². The summed E-state index contributed by atoms with van der Waals surface area (Å²) in [6.07, 6.45) is 8.91.